The maximum Gasteiger partial charge on any atom is 0.243 e. The molecular weight excluding hydrogens is 340 g/mol. The molecular formula is C18H20N2O4S. The number of nitrogens with zero attached hydrogens (tertiary/aromatic N) is 1. The van der Waals surface area contributed by atoms with Crippen molar-refractivity contribution in [3.8, 4) is 0 Å². The van der Waals surface area contributed by atoms with Gasteiger partial charge in [-0.15, -0.1) is 0 Å². The lowest BCUT2D eigenvalue weighted by Crippen LogP contribution is -2.54. The summed E-state index contributed by atoms with van der Waals surface area (Å²) in [5.74, 6) is -0.197. The third-order valence-electron chi connectivity index (χ3n) is 3.96. The van der Waals surface area contributed by atoms with E-state index in [1.807, 2.05) is 30.3 Å². The van der Waals surface area contributed by atoms with Gasteiger partial charge in [0.05, 0.1) is 17.6 Å². The van der Waals surface area contributed by atoms with E-state index in [0.29, 0.717) is 25.4 Å². The van der Waals surface area contributed by atoms with Crippen LogP contribution in [-0.4, -0.2) is 37.8 Å². The average molecular weight is 360 g/mol. The number of carbonyl (C=O) groups is 1. The summed E-state index contributed by atoms with van der Waals surface area (Å²) in [5, 5.41) is 2.61. The minimum atomic E-state index is -3.52. The van der Waals surface area contributed by atoms with Gasteiger partial charge in [-0.2, -0.15) is 4.31 Å². The lowest BCUT2D eigenvalue weighted by atomic mass is 10.2. The SMILES string of the molecule is CC(=O)Nc1ccc(S(=O)(=O)N2CC(OCc3ccccc3)C2)cc1. The predicted molar refractivity (Wildman–Crippen MR) is 94.5 cm³/mol. The van der Waals surface area contributed by atoms with Gasteiger partial charge in [-0.05, 0) is 29.8 Å². The van der Waals surface area contributed by atoms with Crippen LogP contribution in [-0.2, 0) is 26.2 Å². The Morgan fingerprint density at radius 3 is 2.36 bits per heavy atom. The number of rotatable bonds is 6. The van der Waals surface area contributed by atoms with Gasteiger partial charge in [0.25, 0.3) is 0 Å². The van der Waals surface area contributed by atoms with Crippen LogP contribution >= 0.6 is 0 Å². The fourth-order valence-corrected chi connectivity index (χ4v) is 4.06. The van der Waals surface area contributed by atoms with Gasteiger partial charge < -0.3 is 10.1 Å². The zero-order valence-corrected chi connectivity index (χ0v) is 14.7. The molecule has 1 aliphatic heterocycles. The molecule has 3 rings (SSSR count). The van der Waals surface area contributed by atoms with Crippen molar-refractivity contribution >= 4 is 21.6 Å². The molecule has 1 amide bonds. The second-order valence-electron chi connectivity index (χ2n) is 5.95. The van der Waals surface area contributed by atoms with Crippen molar-refractivity contribution in [3.05, 3.63) is 60.2 Å². The fourth-order valence-electron chi connectivity index (χ4n) is 2.55. The Hall–Kier alpha value is -2.22. The first-order chi connectivity index (χ1) is 11.9. The molecule has 2 aromatic rings. The first-order valence-corrected chi connectivity index (χ1v) is 9.42. The summed E-state index contributed by atoms with van der Waals surface area (Å²) in [6.07, 6.45) is -0.0892. The Morgan fingerprint density at radius 2 is 1.76 bits per heavy atom. The van der Waals surface area contributed by atoms with E-state index in [-0.39, 0.29) is 16.9 Å². The Morgan fingerprint density at radius 1 is 1.12 bits per heavy atom. The van der Waals surface area contributed by atoms with Crippen molar-refractivity contribution in [1.82, 2.24) is 4.31 Å². The fraction of sp³-hybridized carbons (Fsp3) is 0.278. The molecule has 6 nitrogen and oxygen atoms in total. The van der Waals surface area contributed by atoms with Gasteiger partial charge in [0, 0.05) is 25.7 Å². The van der Waals surface area contributed by atoms with Gasteiger partial charge >= 0.3 is 0 Å². The number of nitrogens with one attached hydrogen (secondary N) is 1. The smallest absolute Gasteiger partial charge is 0.243 e. The Bertz CT molecular complexity index is 829. The van der Waals surface area contributed by atoms with E-state index in [1.165, 1.54) is 23.4 Å². The maximum absolute atomic E-state index is 12.6. The second kappa shape index (κ2) is 7.35. The number of ether oxygens (including phenoxy) is 1. The van der Waals surface area contributed by atoms with E-state index < -0.39 is 10.0 Å². The molecule has 1 N–H and O–H groups in total. The van der Waals surface area contributed by atoms with E-state index in [9.17, 15) is 13.2 Å². The number of anilines is 1. The summed E-state index contributed by atoms with van der Waals surface area (Å²) in [5.41, 5.74) is 1.64. The van der Waals surface area contributed by atoms with E-state index in [0.717, 1.165) is 5.56 Å². The number of benzene rings is 2. The van der Waals surface area contributed by atoms with Crippen LogP contribution in [0.15, 0.2) is 59.5 Å². The van der Waals surface area contributed by atoms with Gasteiger partial charge in [-0.3, -0.25) is 4.79 Å². The summed E-state index contributed by atoms with van der Waals surface area (Å²) in [6.45, 7) is 2.58. The van der Waals surface area contributed by atoms with Crippen molar-refractivity contribution < 1.29 is 17.9 Å². The highest BCUT2D eigenvalue weighted by Gasteiger charge is 2.37. The summed E-state index contributed by atoms with van der Waals surface area (Å²) >= 11 is 0. The van der Waals surface area contributed by atoms with Crippen LogP contribution in [0.5, 0.6) is 0 Å². The zero-order chi connectivity index (χ0) is 17.9. The number of hydrogen-bond donors (Lipinski definition) is 1. The molecule has 1 heterocycles. The standard InChI is InChI=1S/C18H20N2O4S/c1-14(21)19-16-7-9-18(10-8-16)25(22,23)20-11-17(12-20)24-13-15-5-3-2-4-6-15/h2-10,17H,11-13H2,1H3,(H,19,21). The molecule has 1 fully saturated rings. The minimum absolute atomic E-state index is 0.0892. The third kappa shape index (κ3) is 4.25. The van der Waals surface area contributed by atoms with Crippen molar-refractivity contribution in [2.75, 3.05) is 18.4 Å². The van der Waals surface area contributed by atoms with Crippen LogP contribution in [0.4, 0.5) is 5.69 Å². The highest BCUT2D eigenvalue weighted by Crippen LogP contribution is 2.24. The molecule has 0 atom stereocenters. The molecule has 132 valence electrons. The molecule has 0 unspecified atom stereocenters. The van der Waals surface area contributed by atoms with E-state index in [1.54, 1.807) is 12.1 Å². The second-order valence-corrected chi connectivity index (χ2v) is 7.88. The average Bonchev–Trinajstić information content (AvgIpc) is 2.54. The molecule has 25 heavy (non-hydrogen) atoms. The summed E-state index contributed by atoms with van der Waals surface area (Å²) in [4.78, 5) is 11.2. The van der Waals surface area contributed by atoms with Crippen LogP contribution in [0.2, 0.25) is 0 Å². The monoisotopic (exact) mass is 360 g/mol. The largest absolute Gasteiger partial charge is 0.371 e. The first-order valence-electron chi connectivity index (χ1n) is 7.98. The molecule has 0 bridgehead atoms. The van der Waals surface area contributed by atoms with Crippen molar-refractivity contribution in [3.63, 3.8) is 0 Å². The van der Waals surface area contributed by atoms with Crippen LogP contribution in [0.3, 0.4) is 0 Å². The number of carbonyl (C=O) groups excluding carboxylic acids is 1. The summed E-state index contributed by atoms with van der Waals surface area (Å²) in [6, 6.07) is 15.9. The van der Waals surface area contributed by atoms with E-state index >= 15 is 0 Å². The molecule has 0 radical (unpaired) electrons. The van der Waals surface area contributed by atoms with E-state index in [2.05, 4.69) is 5.32 Å². The topological polar surface area (TPSA) is 75.7 Å². The highest BCUT2D eigenvalue weighted by molar-refractivity contribution is 7.89. The van der Waals surface area contributed by atoms with Gasteiger partial charge in [0.1, 0.15) is 0 Å². The highest BCUT2D eigenvalue weighted by atomic mass is 32.2. The van der Waals surface area contributed by atoms with Gasteiger partial charge in [0.2, 0.25) is 15.9 Å². The Kier molecular flexibility index (Phi) is 5.17. The molecule has 0 aromatic heterocycles. The normalized spacial score (nSPS) is 15.6. The summed E-state index contributed by atoms with van der Waals surface area (Å²) < 4.78 is 32.2. The number of hydrogen-bond acceptors (Lipinski definition) is 4. The molecule has 0 aliphatic carbocycles. The van der Waals surface area contributed by atoms with Crippen molar-refractivity contribution in [1.29, 1.82) is 0 Å². The van der Waals surface area contributed by atoms with Gasteiger partial charge in [-0.1, -0.05) is 30.3 Å². The first kappa shape index (κ1) is 17.6. The van der Waals surface area contributed by atoms with Crippen molar-refractivity contribution in [2.45, 2.75) is 24.5 Å². The minimum Gasteiger partial charge on any atom is -0.371 e. The number of sulfonamides is 1. The quantitative estimate of drug-likeness (QED) is 0.857. The lowest BCUT2D eigenvalue weighted by Gasteiger charge is -2.37. The Balaban J connectivity index is 1.55. The molecule has 7 heteroatoms. The van der Waals surface area contributed by atoms with Gasteiger partial charge in [0.15, 0.2) is 0 Å². The maximum atomic E-state index is 12.6. The molecule has 0 spiro atoms. The van der Waals surface area contributed by atoms with Crippen molar-refractivity contribution in [2.24, 2.45) is 0 Å². The lowest BCUT2D eigenvalue weighted by molar-refractivity contribution is -0.114. The number of amides is 1. The molecule has 1 saturated heterocycles. The third-order valence-corrected chi connectivity index (χ3v) is 5.80. The van der Waals surface area contributed by atoms with Crippen LogP contribution in [0.1, 0.15) is 12.5 Å². The van der Waals surface area contributed by atoms with Gasteiger partial charge in [-0.25, -0.2) is 8.42 Å². The van der Waals surface area contributed by atoms with Crippen LogP contribution < -0.4 is 5.32 Å². The molecule has 0 saturated carbocycles. The zero-order valence-electron chi connectivity index (χ0n) is 13.9. The predicted octanol–water partition coefficient (Wildman–Crippen LogP) is 2.23. The van der Waals surface area contributed by atoms with Crippen LogP contribution in [0.25, 0.3) is 0 Å². The Labute approximate surface area is 147 Å². The molecule has 2 aromatic carbocycles. The summed E-state index contributed by atoms with van der Waals surface area (Å²) in [7, 11) is -3.52. The van der Waals surface area contributed by atoms with E-state index in [4.69, 9.17) is 4.74 Å². The van der Waals surface area contributed by atoms with Crippen LogP contribution in [0, 0.1) is 0 Å². The molecule has 1 aliphatic rings.